The first-order valence-corrected chi connectivity index (χ1v) is 7.21. The number of aromatic amines is 1. The normalized spacial score (nSPS) is 20.6. The van der Waals surface area contributed by atoms with Crippen molar-refractivity contribution in [1.29, 1.82) is 0 Å². The molecule has 0 spiro atoms. The number of rotatable bonds is 1. The molecule has 0 unspecified atom stereocenters. The van der Waals surface area contributed by atoms with E-state index in [4.69, 9.17) is 0 Å². The summed E-state index contributed by atoms with van der Waals surface area (Å²) in [5.41, 5.74) is 0.0495. The van der Waals surface area contributed by atoms with Gasteiger partial charge in [-0.05, 0) is 30.6 Å². The quantitative estimate of drug-likeness (QED) is 0.854. The Morgan fingerprint density at radius 1 is 1.35 bits per heavy atom. The monoisotopic (exact) mass is 277 g/mol. The molecule has 110 valence electrons. The van der Waals surface area contributed by atoms with E-state index in [1.807, 2.05) is 0 Å². The SMILES string of the molecule is CC(C)(C)[C@H]1CCCN(C(=O)c2cnc[nH]c2=O)CC1. The van der Waals surface area contributed by atoms with Gasteiger partial charge < -0.3 is 9.88 Å². The van der Waals surface area contributed by atoms with Crippen molar-refractivity contribution in [1.82, 2.24) is 14.9 Å². The Hall–Kier alpha value is -1.65. The molecule has 1 aliphatic rings. The molecule has 1 aromatic rings. The lowest BCUT2D eigenvalue weighted by Crippen LogP contribution is -2.36. The van der Waals surface area contributed by atoms with Crippen LogP contribution in [0.25, 0.3) is 0 Å². The maximum absolute atomic E-state index is 12.4. The molecule has 1 atom stereocenters. The van der Waals surface area contributed by atoms with Gasteiger partial charge in [0.15, 0.2) is 0 Å². The lowest BCUT2D eigenvalue weighted by atomic mass is 9.77. The van der Waals surface area contributed by atoms with E-state index in [0.717, 1.165) is 32.4 Å². The van der Waals surface area contributed by atoms with Crippen LogP contribution in [0.1, 0.15) is 50.4 Å². The van der Waals surface area contributed by atoms with E-state index in [2.05, 4.69) is 30.7 Å². The van der Waals surface area contributed by atoms with Crippen LogP contribution in [0.3, 0.4) is 0 Å². The lowest BCUT2D eigenvalue weighted by Gasteiger charge is -2.29. The van der Waals surface area contributed by atoms with Crippen molar-refractivity contribution in [3.8, 4) is 0 Å². The number of aromatic nitrogens is 2. The fourth-order valence-electron chi connectivity index (χ4n) is 2.83. The first kappa shape index (κ1) is 14.8. The van der Waals surface area contributed by atoms with Crippen LogP contribution in [-0.2, 0) is 0 Å². The number of carbonyl (C=O) groups is 1. The molecule has 0 radical (unpaired) electrons. The van der Waals surface area contributed by atoms with Crippen molar-refractivity contribution in [2.75, 3.05) is 13.1 Å². The first-order valence-electron chi connectivity index (χ1n) is 7.21. The predicted octanol–water partition coefficient (Wildman–Crippen LogP) is 2.06. The zero-order valence-corrected chi connectivity index (χ0v) is 12.5. The van der Waals surface area contributed by atoms with E-state index in [9.17, 15) is 9.59 Å². The summed E-state index contributed by atoms with van der Waals surface area (Å²) in [7, 11) is 0. The van der Waals surface area contributed by atoms with Gasteiger partial charge >= 0.3 is 0 Å². The molecule has 2 heterocycles. The molecular weight excluding hydrogens is 254 g/mol. The smallest absolute Gasteiger partial charge is 0.263 e. The van der Waals surface area contributed by atoms with Crippen LogP contribution in [0.15, 0.2) is 17.3 Å². The molecule has 0 aromatic carbocycles. The minimum absolute atomic E-state index is 0.140. The molecule has 0 aliphatic carbocycles. The van der Waals surface area contributed by atoms with Crippen molar-refractivity contribution in [3.05, 3.63) is 28.4 Å². The van der Waals surface area contributed by atoms with Gasteiger partial charge in [0.25, 0.3) is 11.5 Å². The Kier molecular flexibility index (Phi) is 4.26. The van der Waals surface area contributed by atoms with Gasteiger partial charge in [-0.15, -0.1) is 0 Å². The average Bonchev–Trinajstić information content (AvgIpc) is 2.63. The zero-order valence-electron chi connectivity index (χ0n) is 12.5. The van der Waals surface area contributed by atoms with E-state index in [0.29, 0.717) is 5.92 Å². The van der Waals surface area contributed by atoms with Crippen molar-refractivity contribution < 1.29 is 4.79 Å². The van der Waals surface area contributed by atoms with E-state index in [1.54, 1.807) is 4.90 Å². The molecule has 5 nitrogen and oxygen atoms in total. The number of hydrogen-bond donors (Lipinski definition) is 1. The molecule has 5 heteroatoms. The van der Waals surface area contributed by atoms with Crippen molar-refractivity contribution in [2.45, 2.75) is 40.0 Å². The van der Waals surface area contributed by atoms with Gasteiger partial charge in [0.1, 0.15) is 5.56 Å². The number of likely N-dealkylation sites (tertiary alicyclic amines) is 1. The molecule has 2 rings (SSSR count). The molecule has 1 aliphatic heterocycles. The fraction of sp³-hybridized carbons (Fsp3) is 0.667. The molecule has 1 N–H and O–H groups in total. The third-order valence-corrected chi connectivity index (χ3v) is 4.19. The molecular formula is C15H23N3O2. The molecule has 0 bridgehead atoms. The van der Waals surface area contributed by atoms with E-state index < -0.39 is 0 Å². The van der Waals surface area contributed by atoms with Gasteiger partial charge in [-0.1, -0.05) is 20.8 Å². The molecule has 1 saturated heterocycles. The number of amides is 1. The Bertz CT molecular complexity index is 530. The van der Waals surface area contributed by atoms with Gasteiger partial charge in [0, 0.05) is 19.3 Å². The topological polar surface area (TPSA) is 66.1 Å². The Balaban J connectivity index is 2.10. The number of hydrogen-bond acceptors (Lipinski definition) is 3. The van der Waals surface area contributed by atoms with Crippen LogP contribution < -0.4 is 5.56 Å². The summed E-state index contributed by atoms with van der Waals surface area (Å²) in [6.45, 7) is 8.19. The Morgan fingerprint density at radius 2 is 2.10 bits per heavy atom. The molecule has 1 aromatic heterocycles. The van der Waals surface area contributed by atoms with Gasteiger partial charge in [-0.2, -0.15) is 0 Å². The largest absolute Gasteiger partial charge is 0.338 e. The summed E-state index contributed by atoms with van der Waals surface area (Å²) in [5, 5.41) is 0. The predicted molar refractivity (Wildman–Crippen MR) is 77.6 cm³/mol. The standard InChI is InChI=1S/C15H23N3O2/c1-15(2,3)11-5-4-7-18(8-6-11)14(20)12-9-16-10-17-13(12)19/h9-11H,4-8H2,1-3H3,(H,16,17,19)/t11-/m0/s1. The maximum atomic E-state index is 12.4. The summed E-state index contributed by atoms with van der Waals surface area (Å²) in [6.07, 6.45) is 5.78. The lowest BCUT2D eigenvalue weighted by molar-refractivity contribution is 0.0753. The second-order valence-electron chi connectivity index (χ2n) is 6.58. The van der Waals surface area contributed by atoms with E-state index in [1.165, 1.54) is 12.5 Å². The van der Waals surface area contributed by atoms with Crippen molar-refractivity contribution >= 4 is 5.91 Å². The molecule has 1 amide bonds. The summed E-state index contributed by atoms with van der Waals surface area (Å²) in [4.78, 5) is 32.1. The summed E-state index contributed by atoms with van der Waals surface area (Å²) >= 11 is 0. The van der Waals surface area contributed by atoms with Crippen LogP contribution >= 0.6 is 0 Å². The van der Waals surface area contributed by atoms with Crippen LogP contribution in [0.2, 0.25) is 0 Å². The highest BCUT2D eigenvalue weighted by atomic mass is 16.2. The minimum Gasteiger partial charge on any atom is -0.338 e. The third kappa shape index (κ3) is 3.26. The van der Waals surface area contributed by atoms with E-state index in [-0.39, 0.29) is 22.4 Å². The Labute approximate surface area is 119 Å². The van der Waals surface area contributed by atoms with Crippen LogP contribution in [0.4, 0.5) is 0 Å². The van der Waals surface area contributed by atoms with Crippen LogP contribution in [0, 0.1) is 11.3 Å². The highest BCUT2D eigenvalue weighted by Gasteiger charge is 2.29. The minimum atomic E-state index is -0.360. The molecule has 1 fully saturated rings. The summed E-state index contributed by atoms with van der Waals surface area (Å²) in [5.74, 6) is 0.418. The molecule has 0 saturated carbocycles. The summed E-state index contributed by atoms with van der Waals surface area (Å²) in [6, 6.07) is 0. The number of nitrogens with zero attached hydrogens (tertiary/aromatic N) is 2. The van der Waals surface area contributed by atoms with Gasteiger partial charge in [-0.25, -0.2) is 4.98 Å². The average molecular weight is 277 g/mol. The number of carbonyl (C=O) groups excluding carboxylic acids is 1. The van der Waals surface area contributed by atoms with Crippen molar-refractivity contribution in [2.24, 2.45) is 11.3 Å². The van der Waals surface area contributed by atoms with E-state index >= 15 is 0 Å². The number of nitrogens with one attached hydrogen (secondary N) is 1. The van der Waals surface area contributed by atoms with Gasteiger partial charge in [-0.3, -0.25) is 9.59 Å². The zero-order chi connectivity index (χ0) is 14.8. The van der Waals surface area contributed by atoms with Crippen molar-refractivity contribution in [3.63, 3.8) is 0 Å². The first-order chi connectivity index (χ1) is 9.39. The van der Waals surface area contributed by atoms with Gasteiger partial charge in [0.05, 0.1) is 6.33 Å². The highest BCUT2D eigenvalue weighted by Crippen LogP contribution is 2.34. The molecule has 20 heavy (non-hydrogen) atoms. The Morgan fingerprint density at radius 3 is 2.75 bits per heavy atom. The third-order valence-electron chi connectivity index (χ3n) is 4.19. The second-order valence-corrected chi connectivity index (χ2v) is 6.58. The van der Waals surface area contributed by atoms with Crippen LogP contribution in [0.5, 0.6) is 0 Å². The fourth-order valence-corrected chi connectivity index (χ4v) is 2.83. The maximum Gasteiger partial charge on any atom is 0.263 e. The number of H-pyrrole nitrogens is 1. The highest BCUT2D eigenvalue weighted by molar-refractivity contribution is 5.93. The summed E-state index contributed by atoms with van der Waals surface area (Å²) < 4.78 is 0. The second kappa shape index (κ2) is 5.77. The van der Waals surface area contributed by atoms with Crippen LogP contribution in [-0.4, -0.2) is 33.9 Å². The van der Waals surface area contributed by atoms with Gasteiger partial charge in [0.2, 0.25) is 0 Å².